The second-order valence-electron chi connectivity index (χ2n) is 8.58. The Hall–Kier alpha value is -2.48. The topological polar surface area (TPSA) is 81.8 Å². The van der Waals surface area contributed by atoms with Gasteiger partial charge in [0.25, 0.3) is 5.56 Å². The van der Waals surface area contributed by atoms with E-state index in [2.05, 4.69) is 15.5 Å². The molecule has 0 atom stereocenters. The Morgan fingerprint density at radius 3 is 2.48 bits per heavy atom. The van der Waals surface area contributed by atoms with E-state index in [9.17, 15) is 9.59 Å². The van der Waals surface area contributed by atoms with E-state index in [4.69, 9.17) is 0 Å². The number of hydrogen-bond donors (Lipinski definition) is 1. The van der Waals surface area contributed by atoms with E-state index in [0.717, 1.165) is 4.88 Å². The molecule has 0 radical (unpaired) electrons. The van der Waals surface area contributed by atoms with Gasteiger partial charge in [0, 0.05) is 5.54 Å². The largest absolute Gasteiger partial charge is 0.350 e. The molecule has 3 aromatic rings. The van der Waals surface area contributed by atoms with Crippen molar-refractivity contribution in [3.8, 4) is 10.6 Å². The van der Waals surface area contributed by atoms with Crippen molar-refractivity contribution >= 4 is 28.1 Å². The molecular weight excluding hydrogens is 362 g/mol. The van der Waals surface area contributed by atoms with Gasteiger partial charge >= 0.3 is 0 Å². The van der Waals surface area contributed by atoms with Gasteiger partial charge in [-0.3, -0.25) is 14.3 Å². The zero-order chi connectivity index (χ0) is 20.0. The Morgan fingerprint density at radius 2 is 1.93 bits per heavy atom. The van der Waals surface area contributed by atoms with Gasteiger partial charge in [0.1, 0.15) is 17.8 Å². The van der Waals surface area contributed by atoms with E-state index in [1.807, 2.05) is 59.1 Å². The van der Waals surface area contributed by atoms with Crippen molar-refractivity contribution < 1.29 is 4.79 Å². The van der Waals surface area contributed by atoms with Crippen LogP contribution in [0, 0.1) is 0 Å². The van der Waals surface area contributed by atoms with Crippen LogP contribution in [0.2, 0.25) is 0 Å². The number of thiophene rings is 1. The van der Waals surface area contributed by atoms with E-state index in [0.29, 0.717) is 16.6 Å². The highest BCUT2D eigenvalue weighted by Crippen LogP contribution is 2.30. The Labute approximate surface area is 162 Å². The summed E-state index contributed by atoms with van der Waals surface area (Å²) < 4.78 is 2.95. The van der Waals surface area contributed by atoms with E-state index < -0.39 is 0 Å². The fourth-order valence-corrected chi connectivity index (χ4v) is 3.60. The molecule has 1 amide bonds. The van der Waals surface area contributed by atoms with Crippen LogP contribution in [0.25, 0.3) is 21.5 Å². The van der Waals surface area contributed by atoms with Crippen molar-refractivity contribution in [3.63, 3.8) is 0 Å². The van der Waals surface area contributed by atoms with Crippen molar-refractivity contribution in [2.24, 2.45) is 0 Å². The van der Waals surface area contributed by atoms with Crippen molar-refractivity contribution in [1.82, 2.24) is 24.9 Å². The van der Waals surface area contributed by atoms with Crippen LogP contribution in [0.4, 0.5) is 0 Å². The van der Waals surface area contributed by atoms with Gasteiger partial charge in [0.05, 0.1) is 22.0 Å². The molecule has 27 heavy (non-hydrogen) atoms. The first-order valence-electron chi connectivity index (χ1n) is 8.81. The van der Waals surface area contributed by atoms with Crippen LogP contribution in [-0.4, -0.2) is 31.0 Å². The lowest BCUT2D eigenvalue weighted by Crippen LogP contribution is -2.44. The Bertz CT molecular complexity index is 1030. The molecule has 0 aliphatic carbocycles. The first kappa shape index (κ1) is 19.3. The number of rotatable bonds is 3. The summed E-state index contributed by atoms with van der Waals surface area (Å²) in [6.07, 6.45) is 1.68. The normalized spacial score (nSPS) is 12.5. The lowest BCUT2D eigenvalue weighted by atomic mass is 10.1. The SMILES string of the molecule is CC(C)(C)NC(=O)Cn1nc(-c2cccs2)c2cnn(C(C)(C)C)c2c1=O. The zero-order valence-corrected chi connectivity index (χ0v) is 17.3. The fourth-order valence-electron chi connectivity index (χ4n) is 2.87. The third kappa shape index (κ3) is 3.95. The number of carbonyl (C=O) groups is 1. The monoisotopic (exact) mass is 387 g/mol. The maximum atomic E-state index is 13.1. The summed E-state index contributed by atoms with van der Waals surface area (Å²) in [6, 6.07) is 3.88. The summed E-state index contributed by atoms with van der Waals surface area (Å²) in [5.74, 6) is -0.254. The molecule has 8 heteroatoms. The molecule has 3 aromatic heterocycles. The second kappa shape index (κ2) is 6.60. The van der Waals surface area contributed by atoms with Gasteiger partial charge in [-0.1, -0.05) is 6.07 Å². The minimum Gasteiger partial charge on any atom is -0.350 e. The van der Waals surface area contributed by atoms with Crippen LogP contribution in [0.1, 0.15) is 41.5 Å². The van der Waals surface area contributed by atoms with Gasteiger partial charge in [0.2, 0.25) is 5.91 Å². The highest BCUT2D eigenvalue weighted by molar-refractivity contribution is 7.13. The molecule has 0 aromatic carbocycles. The predicted octanol–water partition coefficient (Wildman–Crippen LogP) is 2.99. The number of aromatic nitrogens is 4. The van der Waals surface area contributed by atoms with E-state index >= 15 is 0 Å². The smallest absolute Gasteiger partial charge is 0.293 e. The first-order valence-corrected chi connectivity index (χ1v) is 9.69. The zero-order valence-electron chi connectivity index (χ0n) is 16.5. The average molecular weight is 388 g/mol. The Kier molecular flexibility index (Phi) is 4.71. The summed E-state index contributed by atoms with van der Waals surface area (Å²) in [4.78, 5) is 26.5. The minimum atomic E-state index is -0.380. The average Bonchev–Trinajstić information content (AvgIpc) is 3.16. The van der Waals surface area contributed by atoms with Crippen molar-refractivity contribution in [1.29, 1.82) is 0 Å². The maximum Gasteiger partial charge on any atom is 0.293 e. The first-order chi connectivity index (χ1) is 12.5. The number of hydrogen-bond acceptors (Lipinski definition) is 5. The van der Waals surface area contributed by atoms with Gasteiger partial charge in [0.15, 0.2) is 0 Å². The molecule has 0 aliphatic rings. The fraction of sp³-hybridized carbons (Fsp3) is 0.474. The van der Waals surface area contributed by atoms with Gasteiger partial charge in [-0.15, -0.1) is 11.3 Å². The Morgan fingerprint density at radius 1 is 1.22 bits per heavy atom. The predicted molar refractivity (Wildman–Crippen MR) is 108 cm³/mol. The van der Waals surface area contributed by atoms with Crippen LogP contribution < -0.4 is 10.9 Å². The standard InChI is InChI=1S/C19H25N5O2S/c1-18(2,3)21-14(25)11-23-17(26)16-12(10-20-24(16)19(4,5)6)15(22-23)13-8-7-9-27-13/h7-10H,11H2,1-6H3,(H,21,25). The van der Waals surface area contributed by atoms with Crippen molar-refractivity contribution in [2.45, 2.75) is 59.2 Å². The molecule has 7 nitrogen and oxygen atoms in total. The lowest BCUT2D eigenvalue weighted by molar-refractivity contribution is -0.123. The number of fused-ring (bicyclic) bond motifs is 1. The van der Waals surface area contributed by atoms with E-state index in [-0.39, 0.29) is 29.1 Å². The number of nitrogens with zero attached hydrogens (tertiary/aromatic N) is 4. The second-order valence-corrected chi connectivity index (χ2v) is 9.52. The van der Waals surface area contributed by atoms with Gasteiger partial charge in [-0.05, 0) is 53.0 Å². The summed E-state index contributed by atoms with van der Waals surface area (Å²) in [5, 5.41) is 14.5. The van der Waals surface area contributed by atoms with Gasteiger partial charge in [-0.2, -0.15) is 10.2 Å². The van der Waals surface area contributed by atoms with Crippen LogP contribution in [-0.2, 0) is 16.9 Å². The highest BCUT2D eigenvalue weighted by atomic mass is 32.1. The molecule has 0 aliphatic heterocycles. The maximum absolute atomic E-state index is 13.1. The third-order valence-electron chi connectivity index (χ3n) is 3.88. The van der Waals surface area contributed by atoms with Crippen LogP contribution >= 0.6 is 11.3 Å². The summed E-state index contributed by atoms with van der Waals surface area (Å²) >= 11 is 1.54. The molecular formula is C19H25N5O2S. The molecule has 0 spiro atoms. The third-order valence-corrected chi connectivity index (χ3v) is 4.76. The lowest BCUT2D eigenvalue weighted by Gasteiger charge is -2.22. The van der Waals surface area contributed by atoms with Crippen LogP contribution in [0.15, 0.2) is 28.5 Å². The number of nitrogens with one attached hydrogen (secondary N) is 1. The molecule has 0 bridgehead atoms. The molecule has 0 unspecified atom stereocenters. The molecule has 144 valence electrons. The van der Waals surface area contributed by atoms with E-state index in [1.54, 1.807) is 10.9 Å². The number of carbonyl (C=O) groups excluding carboxylic acids is 1. The molecule has 0 fully saturated rings. The van der Waals surface area contributed by atoms with E-state index in [1.165, 1.54) is 16.0 Å². The van der Waals surface area contributed by atoms with Gasteiger partial charge < -0.3 is 5.32 Å². The van der Waals surface area contributed by atoms with Crippen molar-refractivity contribution in [2.75, 3.05) is 0 Å². The molecule has 3 rings (SSSR count). The van der Waals surface area contributed by atoms with Crippen LogP contribution in [0.3, 0.4) is 0 Å². The minimum absolute atomic E-state index is 0.139. The van der Waals surface area contributed by atoms with Crippen LogP contribution in [0.5, 0.6) is 0 Å². The molecule has 1 N–H and O–H groups in total. The Balaban J connectivity index is 2.21. The number of amides is 1. The summed E-state index contributed by atoms with van der Waals surface area (Å²) in [7, 11) is 0. The summed E-state index contributed by atoms with van der Waals surface area (Å²) in [5.41, 5.74) is 0.0552. The quantitative estimate of drug-likeness (QED) is 0.749. The van der Waals surface area contributed by atoms with Gasteiger partial charge in [-0.25, -0.2) is 4.68 Å². The molecule has 3 heterocycles. The van der Waals surface area contributed by atoms with Crippen molar-refractivity contribution in [3.05, 3.63) is 34.1 Å². The highest BCUT2D eigenvalue weighted by Gasteiger charge is 2.24. The summed E-state index contributed by atoms with van der Waals surface area (Å²) in [6.45, 7) is 11.5. The molecule has 0 saturated heterocycles. The molecule has 0 saturated carbocycles.